The molecule has 7 aliphatic rings. The Bertz CT molecular complexity index is 1530. The molecule has 7 rings (SSSR count). The van der Waals surface area contributed by atoms with Crippen LogP contribution in [0.3, 0.4) is 0 Å². The summed E-state index contributed by atoms with van der Waals surface area (Å²) in [5.41, 5.74) is -1.83. The Morgan fingerprint density at radius 3 is 2.21 bits per heavy atom. The minimum Gasteiger partial charge on any atom is -0.481 e. The normalized spacial score (nSPS) is 48.5. The number of esters is 2. The molecule has 2 saturated heterocycles. The van der Waals surface area contributed by atoms with Crippen LogP contribution in [0.5, 0.6) is 0 Å². The number of hydrogen-bond donors (Lipinski definition) is 4. The van der Waals surface area contributed by atoms with E-state index in [0.29, 0.717) is 12.8 Å². The Morgan fingerprint density at radius 1 is 0.943 bits per heavy atom. The number of carboxylic acid groups (broad SMARTS) is 1. The van der Waals surface area contributed by atoms with Gasteiger partial charge < -0.3 is 44.1 Å². The summed E-state index contributed by atoms with van der Waals surface area (Å²) in [7, 11) is 0. The molecular weight excluding hydrogens is 688 g/mol. The second-order valence-electron chi connectivity index (χ2n) is 19.4. The molecule has 5 saturated carbocycles. The largest absolute Gasteiger partial charge is 0.481 e. The van der Waals surface area contributed by atoms with Gasteiger partial charge in [-0.1, -0.05) is 34.6 Å². The molecule has 0 radical (unpaired) electrons. The van der Waals surface area contributed by atoms with Crippen LogP contribution in [0.1, 0.15) is 113 Å². The van der Waals surface area contributed by atoms with E-state index < -0.39 is 71.6 Å². The summed E-state index contributed by atoms with van der Waals surface area (Å²) in [5.74, 6) is -2.99. The fourth-order valence-corrected chi connectivity index (χ4v) is 13.6. The van der Waals surface area contributed by atoms with Crippen LogP contribution in [-0.2, 0) is 42.9 Å². The molecule has 0 aromatic heterocycles. The first kappa shape index (κ1) is 39.1. The number of rotatable bonds is 10. The van der Waals surface area contributed by atoms with Crippen molar-refractivity contribution in [2.45, 2.75) is 168 Å². The number of Topliss-reactive ketones (excluding diaryl/α,β-unsaturated/α-hetero) is 1. The van der Waals surface area contributed by atoms with Crippen LogP contribution in [0.25, 0.3) is 0 Å². The smallest absolute Gasteiger partial charge is 0.317 e. The van der Waals surface area contributed by atoms with Crippen molar-refractivity contribution in [3.63, 3.8) is 0 Å². The first-order valence-electron chi connectivity index (χ1n) is 19.7. The van der Waals surface area contributed by atoms with Crippen molar-refractivity contribution in [3.8, 4) is 0 Å². The van der Waals surface area contributed by atoms with E-state index in [0.717, 1.165) is 38.5 Å². The van der Waals surface area contributed by atoms with Gasteiger partial charge in [0, 0.05) is 18.3 Å². The molecule has 298 valence electrons. The summed E-state index contributed by atoms with van der Waals surface area (Å²) in [6.45, 7) is 16.0. The molecular formula is C40H60O13. The lowest BCUT2D eigenvalue weighted by molar-refractivity contribution is -0.305. The summed E-state index contributed by atoms with van der Waals surface area (Å²) in [6, 6.07) is 0. The highest BCUT2D eigenvalue weighted by molar-refractivity contribution is 5.91. The summed E-state index contributed by atoms with van der Waals surface area (Å²) < 4.78 is 29.3. The fraction of sp³-hybridized carbons (Fsp3) is 0.900. The number of hydrogen-bond acceptors (Lipinski definition) is 12. The first-order valence-corrected chi connectivity index (χ1v) is 19.7. The summed E-state index contributed by atoms with van der Waals surface area (Å²) >= 11 is 0. The topological polar surface area (TPSA) is 199 Å². The molecule has 0 amide bonds. The van der Waals surface area contributed by atoms with Gasteiger partial charge >= 0.3 is 17.9 Å². The lowest BCUT2D eigenvalue weighted by Gasteiger charge is -2.63. The second kappa shape index (κ2) is 12.7. The van der Waals surface area contributed by atoms with E-state index in [4.69, 9.17) is 28.8 Å². The van der Waals surface area contributed by atoms with Crippen LogP contribution in [0, 0.1) is 50.7 Å². The molecule has 13 heteroatoms. The van der Waals surface area contributed by atoms with Crippen molar-refractivity contribution < 1.29 is 63.3 Å². The van der Waals surface area contributed by atoms with Gasteiger partial charge in [0.25, 0.3) is 0 Å². The highest BCUT2D eigenvalue weighted by Gasteiger charge is 2.84. The van der Waals surface area contributed by atoms with Crippen LogP contribution < -0.4 is 0 Å². The highest BCUT2D eigenvalue weighted by atomic mass is 16.7. The lowest BCUT2D eigenvalue weighted by atomic mass is 9.41. The average Bonchev–Trinajstić information content (AvgIpc) is 3.91. The molecule has 2 spiro atoms. The number of carbonyl (C=O) groups excluding carboxylic acids is 3. The minimum absolute atomic E-state index is 0.0158. The highest BCUT2D eigenvalue weighted by Crippen LogP contribution is 2.89. The van der Waals surface area contributed by atoms with Gasteiger partial charge in [-0.3, -0.25) is 19.2 Å². The zero-order valence-corrected chi connectivity index (χ0v) is 32.5. The Labute approximate surface area is 311 Å². The Balaban J connectivity index is 1.10. The first-order chi connectivity index (χ1) is 24.6. The minimum atomic E-state index is -1.50. The molecule has 13 nitrogen and oxygen atoms in total. The number of aliphatic hydroxyl groups is 3. The quantitative estimate of drug-likeness (QED) is 0.110. The number of carbonyl (C=O) groups is 4. The summed E-state index contributed by atoms with van der Waals surface area (Å²) in [5, 5.41) is 42.2. The number of fused-ring (bicyclic) bond motifs is 2. The van der Waals surface area contributed by atoms with Crippen LogP contribution >= 0.6 is 0 Å². The van der Waals surface area contributed by atoms with Gasteiger partial charge in [-0.25, -0.2) is 0 Å². The van der Waals surface area contributed by atoms with Crippen LogP contribution in [0.15, 0.2) is 0 Å². The van der Waals surface area contributed by atoms with Crippen molar-refractivity contribution in [1.82, 2.24) is 0 Å². The third-order valence-corrected chi connectivity index (χ3v) is 16.2. The van der Waals surface area contributed by atoms with Crippen molar-refractivity contribution >= 4 is 23.7 Å². The Hall–Kier alpha value is -2.16. The van der Waals surface area contributed by atoms with E-state index in [-0.39, 0.29) is 70.5 Å². The van der Waals surface area contributed by atoms with Gasteiger partial charge in [0.15, 0.2) is 18.2 Å². The molecule has 0 unspecified atom stereocenters. The van der Waals surface area contributed by atoms with E-state index >= 15 is 0 Å². The van der Waals surface area contributed by atoms with Crippen molar-refractivity contribution in [2.24, 2.45) is 50.7 Å². The summed E-state index contributed by atoms with van der Waals surface area (Å²) in [4.78, 5) is 49.8. The van der Waals surface area contributed by atoms with Crippen molar-refractivity contribution in [1.29, 1.82) is 0 Å². The maximum atomic E-state index is 14.3. The number of ether oxygens (including phenoxy) is 5. The Morgan fingerprint density at radius 2 is 1.58 bits per heavy atom. The van der Waals surface area contributed by atoms with Crippen LogP contribution in [0.2, 0.25) is 0 Å². The maximum Gasteiger partial charge on any atom is 0.317 e. The standard InChI is InChI=1S/C40H60O13/c1-19(15-22(50-20(2)41)33-36(5,6)53-33)28-30(47)32(48)38(8)24-10-9-23-35(3,4)25(11-12-39(23)18-40(24,39)14-13-37(28,38)7)51-34-31(29(46)21(42)17-49-34)52-27(45)16-26(43)44/h19,21-25,28-29,31-34,42,46,48H,9-18H2,1-8H3,(H,43,44)/t19-,21-,22-,23+,24+,25+,28+,29+,31-,32+,33+,34+,37-,38-,39-,40+/m1/s1. The fourth-order valence-electron chi connectivity index (χ4n) is 13.6. The Kier molecular flexibility index (Phi) is 9.35. The third-order valence-electron chi connectivity index (χ3n) is 16.2. The third kappa shape index (κ3) is 5.67. The van der Waals surface area contributed by atoms with E-state index in [1.807, 2.05) is 13.8 Å². The number of aliphatic carboxylic acids is 1. The predicted octanol–water partition coefficient (Wildman–Crippen LogP) is 3.56. The number of aliphatic hydroxyl groups excluding tert-OH is 3. The van der Waals surface area contributed by atoms with E-state index in [1.165, 1.54) is 6.92 Å². The van der Waals surface area contributed by atoms with Gasteiger partial charge in [-0.15, -0.1) is 0 Å². The predicted molar refractivity (Wildman–Crippen MR) is 186 cm³/mol. The van der Waals surface area contributed by atoms with Gasteiger partial charge in [0.2, 0.25) is 0 Å². The van der Waals surface area contributed by atoms with Crippen molar-refractivity contribution in [2.75, 3.05) is 6.61 Å². The molecule has 5 aliphatic carbocycles. The monoisotopic (exact) mass is 748 g/mol. The maximum absolute atomic E-state index is 14.3. The van der Waals surface area contributed by atoms with Gasteiger partial charge in [-0.05, 0) is 105 Å². The average molecular weight is 749 g/mol. The number of ketones is 1. The van der Waals surface area contributed by atoms with Crippen LogP contribution in [0.4, 0.5) is 0 Å². The molecule has 4 N–H and O–H groups in total. The van der Waals surface area contributed by atoms with Crippen molar-refractivity contribution in [3.05, 3.63) is 0 Å². The molecule has 2 heterocycles. The lowest BCUT2D eigenvalue weighted by Crippen LogP contribution is -2.61. The van der Waals surface area contributed by atoms with E-state index in [9.17, 15) is 34.5 Å². The van der Waals surface area contributed by atoms with Gasteiger partial charge in [0.1, 0.15) is 36.9 Å². The molecule has 16 atom stereocenters. The van der Waals surface area contributed by atoms with E-state index in [1.54, 1.807) is 0 Å². The SMILES string of the molecule is CC(=O)O[C@H](C[C@@H](C)[C@H]1C(=O)[C@H](O)[C@@]2(C)[C@@H]3CC[C@H]4C(C)(C)[C@@H](O[C@@H]5OC[C@@H](O)[C@H](O)[C@H]5OC(=O)CC(=O)O)CC[C@@]45C[C@@]35CC[C@]12C)[C@@H]1OC1(C)C. The molecule has 0 aromatic rings. The van der Waals surface area contributed by atoms with Gasteiger partial charge in [-0.2, -0.15) is 0 Å². The zero-order valence-electron chi connectivity index (χ0n) is 32.5. The van der Waals surface area contributed by atoms with E-state index in [2.05, 4.69) is 34.6 Å². The molecule has 2 aliphatic heterocycles. The van der Waals surface area contributed by atoms with Gasteiger partial charge in [0.05, 0.1) is 18.3 Å². The summed E-state index contributed by atoms with van der Waals surface area (Å²) in [6.07, 6.45) is -1.80. The molecule has 0 aromatic carbocycles. The van der Waals surface area contributed by atoms with Crippen LogP contribution in [-0.4, -0.2) is 105 Å². The number of epoxide rings is 1. The molecule has 53 heavy (non-hydrogen) atoms. The molecule has 0 bridgehead atoms. The zero-order chi connectivity index (χ0) is 38.8. The second-order valence-corrected chi connectivity index (χ2v) is 19.4. The number of carboxylic acids is 1. The molecule has 7 fully saturated rings.